The molecular formula is C45H51FNO5PSi. The van der Waals surface area contributed by atoms with Crippen LogP contribution in [0, 0.1) is 5.82 Å². The fourth-order valence-corrected chi connectivity index (χ4v) is 13.1. The van der Waals surface area contributed by atoms with E-state index in [1.165, 1.54) is 12.1 Å². The van der Waals surface area contributed by atoms with Gasteiger partial charge in [-0.15, -0.1) is 0 Å². The van der Waals surface area contributed by atoms with E-state index in [0.29, 0.717) is 6.42 Å². The topological polar surface area (TPSA) is 85.7 Å². The molecule has 282 valence electrons. The lowest BCUT2D eigenvalue weighted by atomic mass is 9.86. The third-order valence-corrected chi connectivity index (χ3v) is 16.0. The number of aliphatic carboxylic acids is 1. The Kier molecular flexibility index (Phi) is 13.8. The Balaban J connectivity index is 1.46. The van der Waals surface area contributed by atoms with Crippen molar-refractivity contribution < 1.29 is 27.8 Å². The quantitative estimate of drug-likeness (QED) is 0.0796. The van der Waals surface area contributed by atoms with Gasteiger partial charge in [0.25, 0.3) is 8.32 Å². The highest BCUT2D eigenvalue weighted by Crippen LogP contribution is 2.41. The average Bonchev–Trinajstić information content (AvgIpc) is 3.15. The Bertz CT molecular complexity index is 2010. The molecule has 0 spiro atoms. The number of nitrogens with zero attached hydrogens (tertiary/aromatic N) is 1. The van der Waals surface area contributed by atoms with Crippen molar-refractivity contribution >= 4 is 38.8 Å². The van der Waals surface area contributed by atoms with Crippen LogP contribution in [0.25, 0.3) is 28.5 Å². The molecule has 0 radical (unpaired) electrons. The van der Waals surface area contributed by atoms with Gasteiger partial charge in [-0.2, -0.15) is 0 Å². The zero-order valence-electron chi connectivity index (χ0n) is 32.0. The van der Waals surface area contributed by atoms with Gasteiger partial charge >= 0.3 is 5.97 Å². The van der Waals surface area contributed by atoms with Crippen molar-refractivity contribution in [3.05, 3.63) is 144 Å². The molecule has 0 amide bonds. The van der Waals surface area contributed by atoms with Gasteiger partial charge in [0.1, 0.15) is 5.82 Å². The number of carboxylic acid groups (broad SMARTS) is 1. The molecule has 1 unspecified atom stereocenters. The number of hydrogen-bond donors (Lipinski definition) is 1. The Morgan fingerprint density at radius 3 is 1.93 bits per heavy atom. The number of hydrogen-bond acceptors (Lipinski definition) is 5. The first-order valence-corrected chi connectivity index (χ1v) is 22.0. The number of halogens is 1. The summed E-state index contributed by atoms with van der Waals surface area (Å²) in [5.74, 6) is -1.28. The maximum atomic E-state index is 14.1. The third kappa shape index (κ3) is 9.42. The first kappa shape index (κ1) is 40.7. The molecular weight excluding hydrogens is 713 g/mol. The van der Waals surface area contributed by atoms with Crippen molar-refractivity contribution in [3.8, 4) is 22.4 Å². The fraction of sp³-hybridized carbons (Fsp3) is 0.289. The number of benzene rings is 4. The van der Waals surface area contributed by atoms with E-state index in [-0.39, 0.29) is 36.0 Å². The van der Waals surface area contributed by atoms with Crippen LogP contribution in [0.2, 0.25) is 5.04 Å². The van der Waals surface area contributed by atoms with Crippen molar-refractivity contribution in [2.24, 2.45) is 0 Å². The Morgan fingerprint density at radius 1 is 0.870 bits per heavy atom. The highest BCUT2D eigenvalue weighted by molar-refractivity contribution is 7.39. The molecule has 0 bridgehead atoms. The monoisotopic (exact) mass is 763 g/mol. The van der Waals surface area contributed by atoms with Crippen molar-refractivity contribution in [2.75, 3.05) is 12.8 Å². The summed E-state index contributed by atoms with van der Waals surface area (Å²) < 4.78 is 40.8. The van der Waals surface area contributed by atoms with Crippen LogP contribution >= 0.6 is 8.03 Å². The van der Waals surface area contributed by atoms with Gasteiger partial charge < -0.3 is 14.1 Å². The van der Waals surface area contributed by atoms with Crippen molar-refractivity contribution in [2.45, 2.75) is 71.4 Å². The van der Waals surface area contributed by atoms with E-state index in [9.17, 15) is 18.9 Å². The minimum atomic E-state index is -3.11. The van der Waals surface area contributed by atoms with Gasteiger partial charge in [0.05, 0.1) is 30.5 Å². The van der Waals surface area contributed by atoms with Crippen LogP contribution in [0.4, 0.5) is 4.39 Å². The van der Waals surface area contributed by atoms with Crippen LogP contribution in [0.15, 0.2) is 121 Å². The summed E-state index contributed by atoms with van der Waals surface area (Å²) in [5, 5.41) is 11.6. The normalized spacial score (nSPS) is 13.3. The number of carbonyl (C=O) groups is 1. The molecule has 9 heteroatoms. The lowest BCUT2D eigenvalue weighted by Crippen LogP contribution is -2.68. The summed E-state index contributed by atoms with van der Waals surface area (Å²) in [7, 11) is -5.85. The largest absolute Gasteiger partial charge is 0.481 e. The first-order valence-electron chi connectivity index (χ1n) is 18.6. The van der Waals surface area contributed by atoms with Gasteiger partial charge in [-0.05, 0) is 56.6 Å². The lowest BCUT2D eigenvalue weighted by Gasteiger charge is -2.45. The third-order valence-electron chi connectivity index (χ3n) is 9.63. The lowest BCUT2D eigenvalue weighted by molar-refractivity contribution is -0.138. The van der Waals surface area contributed by atoms with Crippen LogP contribution < -0.4 is 10.4 Å². The van der Waals surface area contributed by atoms with Gasteiger partial charge in [0, 0.05) is 17.3 Å². The van der Waals surface area contributed by atoms with E-state index in [1.54, 1.807) is 12.1 Å². The summed E-state index contributed by atoms with van der Waals surface area (Å²) in [6, 6.07) is 36.6. The second-order valence-corrected chi connectivity index (χ2v) is 20.5. The van der Waals surface area contributed by atoms with Gasteiger partial charge in [0.15, 0.2) is 8.03 Å². The van der Waals surface area contributed by atoms with Crippen LogP contribution in [-0.4, -0.2) is 43.2 Å². The second-order valence-electron chi connectivity index (χ2n) is 14.8. The maximum Gasteiger partial charge on any atom is 0.305 e. The molecule has 1 aromatic heterocycles. The van der Waals surface area contributed by atoms with Crippen molar-refractivity contribution in [1.82, 2.24) is 4.98 Å². The van der Waals surface area contributed by atoms with Crippen LogP contribution in [0.5, 0.6) is 0 Å². The SMILES string of the molecule is CCc1c(-c2ccccc2)nc(C(C)C)c(/C=C/CO[PH](=O)C[C@H](CC(=O)O)O[Si](c2ccccc2)(c2ccccc2)C(C)(C)C)c1-c1ccc(F)cc1. The van der Waals surface area contributed by atoms with E-state index < -0.39 is 28.4 Å². The fourth-order valence-electron chi connectivity index (χ4n) is 7.23. The minimum absolute atomic E-state index is 0.0408. The van der Waals surface area contributed by atoms with E-state index >= 15 is 0 Å². The molecule has 1 N–H and O–H groups in total. The maximum absolute atomic E-state index is 14.1. The van der Waals surface area contributed by atoms with Crippen LogP contribution in [0.1, 0.15) is 70.7 Å². The van der Waals surface area contributed by atoms with Gasteiger partial charge in [0.2, 0.25) is 0 Å². The molecule has 6 nitrogen and oxygen atoms in total. The summed E-state index contributed by atoms with van der Waals surface area (Å²) in [5.41, 5.74) is 6.58. The summed E-state index contributed by atoms with van der Waals surface area (Å²) in [6.45, 7) is 12.7. The highest BCUT2D eigenvalue weighted by Gasteiger charge is 2.51. The molecule has 0 aliphatic rings. The molecule has 54 heavy (non-hydrogen) atoms. The number of pyridine rings is 1. The van der Waals surface area contributed by atoms with Crippen molar-refractivity contribution in [3.63, 3.8) is 0 Å². The van der Waals surface area contributed by atoms with Crippen molar-refractivity contribution in [1.29, 1.82) is 0 Å². The Labute approximate surface area is 321 Å². The Hall–Kier alpha value is -4.46. The molecule has 0 fully saturated rings. The summed E-state index contributed by atoms with van der Waals surface area (Å²) >= 11 is 0. The smallest absolute Gasteiger partial charge is 0.305 e. The van der Waals surface area contributed by atoms with E-state index in [0.717, 1.165) is 49.6 Å². The number of carboxylic acids is 1. The van der Waals surface area contributed by atoms with Crippen LogP contribution in [0.3, 0.4) is 0 Å². The number of rotatable bonds is 16. The zero-order chi connectivity index (χ0) is 38.9. The highest BCUT2D eigenvalue weighted by atomic mass is 31.1. The Morgan fingerprint density at radius 2 is 1.43 bits per heavy atom. The molecule has 0 saturated carbocycles. The average molecular weight is 764 g/mol. The molecule has 1 heterocycles. The summed E-state index contributed by atoms with van der Waals surface area (Å²) in [6.07, 6.45) is 3.29. The van der Waals surface area contributed by atoms with Crippen LogP contribution in [-0.2, 0) is 24.7 Å². The zero-order valence-corrected chi connectivity index (χ0v) is 34.0. The van der Waals surface area contributed by atoms with Gasteiger partial charge in [-0.1, -0.05) is 157 Å². The second kappa shape index (κ2) is 18.2. The molecule has 0 aliphatic carbocycles. The predicted octanol–water partition coefficient (Wildman–Crippen LogP) is 10.2. The molecule has 0 saturated heterocycles. The standard InChI is InChI=1S/C45H51FNO5PSi/c1-7-39-42(33-25-27-35(46)28-26-33)40(43(32(2)3)47-44(39)34-18-11-8-12-19-34)24-17-29-51-53(50)31-36(30-41(48)49)52-54(45(4,5)6,37-20-13-9-14-21-37)38-22-15-10-16-23-38/h8-28,32,36,53H,7,29-31H2,1-6H3,(H,48,49)/b24-17+/t36-/m0/s1. The van der Waals surface area contributed by atoms with Gasteiger partial charge in [-0.3, -0.25) is 14.3 Å². The molecule has 5 rings (SSSR count). The molecule has 4 aromatic carbocycles. The first-order chi connectivity index (χ1) is 25.9. The summed E-state index contributed by atoms with van der Waals surface area (Å²) in [4.78, 5) is 17.4. The van der Waals surface area contributed by atoms with E-state index in [1.807, 2.05) is 91.0 Å². The number of aromatic nitrogens is 1. The minimum Gasteiger partial charge on any atom is -0.481 e. The predicted molar refractivity (Wildman–Crippen MR) is 222 cm³/mol. The molecule has 2 atom stereocenters. The van der Waals surface area contributed by atoms with E-state index in [4.69, 9.17) is 13.9 Å². The molecule has 0 aliphatic heterocycles. The van der Waals surface area contributed by atoms with E-state index in [2.05, 4.69) is 53.7 Å². The molecule has 5 aromatic rings. The van der Waals surface area contributed by atoms with Gasteiger partial charge in [-0.25, -0.2) is 4.39 Å².